The van der Waals surface area contributed by atoms with E-state index in [-0.39, 0.29) is 5.82 Å². The molecule has 9 nitrogen and oxygen atoms in total. The Morgan fingerprint density at radius 2 is 1.96 bits per heavy atom. The fourth-order valence-electron chi connectivity index (χ4n) is 4.11. The molecular formula is C18H19N3O6S. The number of aliphatic hydroxyl groups is 1. The Hall–Kier alpha value is -2.59. The van der Waals surface area contributed by atoms with Crippen LogP contribution in [-0.2, 0) is 20.9 Å². The van der Waals surface area contributed by atoms with Gasteiger partial charge in [0.1, 0.15) is 30.4 Å². The van der Waals surface area contributed by atoms with Crippen molar-refractivity contribution >= 4 is 40.6 Å². The number of aliphatic carboxylic acids is 2. The standard InChI is InChI=1S/C18H19N3O6S/c1-18(2)13(17(26)27)21-15(25)11(16(21)28-18)12(24)14-19-8-5-3-4-6-9(8)20(14)7-10(22)23/h3-6,11-13,16,24H,7H2,1-2H3,(H,22,23)(H,26,27)/t11-,12+,13+,16-/m1/s1. The molecule has 2 aromatic rings. The van der Waals surface area contributed by atoms with Crippen LogP contribution in [0, 0.1) is 5.92 Å². The van der Waals surface area contributed by atoms with Crippen molar-refractivity contribution in [3.05, 3.63) is 30.1 Å². The first kappa shape index (κ1) is 18.8. The molecule has 3 N–H and O–H groups in total. The molecule has 2 aliphatic rings. The molecule has 0 saturated carbocycles. The van der Waals surface area contributed by atoms with Crippen molar-refractivity contribution in [2.45, 2.75) is 42.7 Å². The highest BCUT2D eigenvalue weighted by Crippen LogP contribution is 2.56. The third-order valence-electron chi connectivity index (χ3n) is 5.30. The van der Waals surface area contributed by atoms with E-state index in [2.05, 4.69) is 4.98 Å². The molecule has 4 rings (SSSR count). The molecule has 0 aliphatic carbocycles. The van der Waals surface area contributed by atoms with Crippen LogP contribution in [-0.4, -0.2) is 63.8 Å². The van der Waals surface area contributed by atoms with Gasteiger partial charge in [0.25, 0.3) is 0 Å². The summed E-state index contributed by atoms with van der Waals surface area (Å²) in [4.78, 5) is 41.4. The van der Waals surface area contributed by atoms with Gasteiger partial charge >= 0.3 is 11.9 Å². The number of nitrogens with zero attached hydrogens (tertiary/aromatic N) is 3. The molecule has 10 heteroatoms. The highest BCUT2D eigenvalue weighted by molar-refractivity contribution is 8.01. The van der Waals surface area contributed by atoms with E-state index >= 15 is 0 Å². The first-order chi connectivity index (χ1) is 13.1. The summed E-state index contributed by atoms with van der Waals surface area (Å²) in [5.74, 6) is -3.42. The molecule has 0 radical (unpaired) electrons. The van der Waals surface area contributed by atoms with Gasteiger partial charge < -0.3 is 24.8 Å². The van der Waals surface area contributed by atoms with E-state index < -0.39 is 52.6 Å². The molecule has 1 aromatic carbocycles. The van der Waals surface area contributed by atoms with Crippen molar-refractivity contribution in [1.82, 2.24) is 14.5 Å². The van der Waals surface area contributed by atoms with Gasteiger partial charge in [-0.2, -0.15) is 0 Å². The maximum atomic E-state index is 12.7. The lowest BCUT2D eigenvalue weighted by Gasteiger charge is -2.45. The number of rotatable bonds is 5. The maximum absolute atomic E-state index is 12.7. The van der Waals surface area contributed by atoms with Crippen LogP contribution in [0.4, 0.5) is 0 Å². The number of carboxylic acid groups (broad SMARTS) is 2. The van der Waals surface area contributed by atoms with Crippen molar-refractivity contribution in [2.24, 2.45) is 5.92 Å². The molecule has 1 aromatic heterocycles. The number of benzene rings is 1. The van der Waals surface area contributed by atoms with Crippen LogP contribution in [0.3, 0.4) is 0 Å². The van der Waals surface area contributed by atoms with Gasteiger partial charge in [0.15, 0.2) is 0 Å². The van der Waals surface area contributed by atoms with E-state index in [4.69, 9.17) is 0 Å². The summed E-state index contributed by atoms with van der Waals surface area (Å²) in [5.41, 5.74) is 1.06. The lowest BCUT2D eigenvalue weighted by Crippen LogP contribution is -2.64. The topological polar surface area (TPSA) is 133 Å². The summed E-state index contributed by atoms with van der Waals surface area (Å²) in [6.45, 7) is 3.11. The molecule has 2 saturated heterocycles. The van der Waals surface area contributed by atoms with Gasteiger partial charge in [0.05, 0.1) is 16.4 Å². The number of aliphatic hydroxyl groups excluding tert-OH is 1. The Bertz CT molecular complexity index is 1000. The smallest absolute Gasteiger partial charge is 0.327 e. The summed E-state index contributed by atoms with van der Waals surface area (Å²) in [7, 11) is 0. The second-order valence-corrected chi connectivity index (χ2v) is 9.28. The van der Waals surface area contributed by atoms with Gasteiger partial charge in [0, 0.05) is 4.75 Å². The van der Waals surface area contributed by atoms with Crippen LogP contribution in [0.15, 0.2) is 24.3 Å². The molecule has 0 unspecified atom stereocenters. The number of aromatic nitrogens is 2. The van der Waals surface area contributed by atoms with Gasteiger partial charge in [-0.15, -0.1) is 11.8 Å². The molecule has 2 aliphatic heterocycles. The average Bonchev–Trinajstić information content (AvgIpc) is 3.07. The molecule has 28 heavy (non-hydrogen) atoms. The number of hydrogen-bond donors (Lipinski definition) is 3. The number of carbonyl (C=O) groups excluding carboxylic acids is 1. The third-order valence-corrected chi connectivity index (χ3v) is 6.89. The van der Waals surface area contributed by atoms with E-state index in [1.54, 1.807) is 38.1 Å². The van der Waals surface area contributed by atoms with Gasteiger partial charge in [-0.3, -0.25) is 9.59 Å². The summed E-state index contributed by atoms with van der Waals surface area (Å²) in [6, 6.07) is 5.91. The van der Waals surface area contributed by atoms with Crippen LogP contribution < -0.4 is 0 Å². The minimum atomic E-state index is -1.34. The Morgan fingerprint density at radius 3 is 2.61 bits per heavy atom. The minimum absolute atomic E-state index is 0.0961. The largest absolute Gasteiger partial charge is 0.480 e. The average molecular weight is 405 g/mol. The normalized spacial score (nSPS) is 26.8. The SMILES string of the molecule is CC1(C)S[C@@H]2[C@H]([C@H](O)c3nc4ccccc4n3CC(=O)O)C(=O)N2[C@H]1C(=O)O. The van der Waals surface area contributed by atoms with E-state index in [1.807, 2.05) is 0 Å². The predicted molar refractivity (Wildman–Crippen MR) is 99.5 cm³/mol. The summed E-state index contributed by atoms with van der Waals surface area (Å²) in [6.07, 6.45) is -1.34. The highest BCUT2D eigenvalue weighted by Gasteiger charge is 2.65. The Balaban J connectivity index is 1.72. The Labute approximate surface area is 164 Å². The Kier molecular flexibility index (Phi) is 4.16. The fraction of sp³-hybridized carbons (Fsp3) is 0.444. The van der Waals surface area contributed by atoms with Gasteiger partial charge in [-0.25, -0.2) is 9.78 Å². The molecular weight excluding hydrogens is 386 g/mol. The zero-order valence-corrected chi connectivity index (χ0v) is 16.0. The number of β-lactam (4-membered cyclic amide) rings is 1. The minimum Gasteiger partial charge on any atom is -0.480 e. The van der Waals surface area contributed by atoms with Gasteiger partial charge in [-0.1, -0.05) is 12.1 Å². The highest BCUT2D eigenvalue weighted by atomic mass is 32.2. The molecule has 2 fully saturated rings. The fourth-order valence-corrected chi connectivity index (χ4v) is 5.83. The maximum Gasteiger partial charge on any atom is 0.327 e. The molecule has 1 amide bonds. The summed E-state index contributed by atoms with van der Waals surface area (Å²) < 4.78 is 0.680. The lowest BCUT2D eigenvalue weighted by atomic mass is 9.87. The Morgan fingerprint density at radius 1 is 1.29 bits per heavy atom. The van der Waals surface area contributed by atoms with E-state index in [1.165, 1.54) is 21.2 Å². The number of hydrogen-bond acceptors (Lipinski definition) is 6. The number of fused-ring (bicyclic) bond motifs is 2. The molecule has 4 atom stereocenters. The van der Waals surface area contributed by atoms with Crippen LogP contribution in [0.25, 0.3) is 11.0 Å². The number of imidazole rings is 1. The van der Waals surface area contributed by atoms with Gasteiger partial charge in [0.2, 0.25) is 5.91 Å². The van der Waals surface area contributed by atoms with E-state index in [9.17, 15) is 29.7 Å². The predicted octanol–water partition coefficient (Wildman–Crippen LogP) is 0.917. The van der Waals surface area contributed by atoms with Crippen LogP contribution in [0.2, 0.25) is 0 Å². The van der Waals surface area contributed by atoms with Crippen molar-refractivity contribution in [2.75, 3.05) is 0 Å². The number of thioether (sulfide) groups is 1. The quantitative estimate of drug-likeness (QED) is 0.626. The number of amides is 1. The van der Waals surface area contributed by atoms with Crippen molar-refractivity contribution in [3.8, 4) is 0 Å². The summed E-state index contributed by atoms with van der Waals surface area (Å²) >= 11 is 1.33. The van der Waals surface area contributed by atoms with Crippen LogP contribution in [0.5, 0.6) is 0 Å². The first-order valence-electron chi connectivity index (χ1n) is 8.71. The van der Waals surface area contributed by atoms with Crippen molar-refractivity contribution < 1.29 is 29.7 Å². The monoisotopic (exact) mass is 405 g/mol. The number of carbonyl (C=O) groups is 3. The number of carboxylic acids is 2. The van der Waals surface area contributed by atoms with E-state index in [0.717, 1.165) is 0 Å². The van der Waals surface area contributed by atoms with Crippen molar-refractivity contribution in [3.63, 3.8) is 0 Å². The van der Waals surface area contributed by atoms with Gasteiger partial charge in [-0.05, 0) is 26.0 Å². The summed E-state index contributed by atoms with van der Waals surface area (Å²) in [5, 5.41) is 29.2. The zero-order chi connectivity index (χ0) is 20.4. The second kappa shape index (κ2) is 6.21. The second-order valence-electron chi connectivity index (χ2n) is 7.51. The van der Waals surface area contributed by atoms with Crippen LogP contribution >= 0.6 is 11.8 Å². The molecule has 148 valence electrons. The lowest BCUT2D eigenvalue weighted by molar-refractivity contribution is -0.169. The first-order valence-corrected chi connectivity index (χ1v) is 9.59. The van der Waals surface area contributed by atoms with Crippen molar-refractivity contribution in [1.29, 1.82) is 0 Å². The zero-order valence-electron chi connectivity index (χ0n) is 15.1. The van der Waals surface area contributed by atoms with E-state index in [0.29, 0.717) is 11.0 Å². The van der Waals surface area contributed by atoms with Crippen LogP contribution in [0.1, 0.15) is 25.8 Å². The molecule has 0 bridgehead atoms. The third kappa shape index (κ3) is 2.59. The number of para-hydroxylation sites is 2. The molecule has 3 heterocycles. The molecule has 0 spiro atoms.